The zero-order valence-electron chi connectivity index (χ0n) is 13.3. The van der Waals surface area contributed by atoms with E-state index in [9.17, 15) is 4.79 Å². The highest BCUT2D eigenvalue weighted by molar-refractivity contribution is 9.10. The second kappa shape index (κ2) is 7.38. The van der Waals surface area contributed by atoms with E-state index < -0.39 is 0 Å². The van der Waals surface area contributed by atoms with Crippen LogP contribution in [-0.2, 0) is 4.79 Å². The summed E-state index contributed by atoms with van der Waals surface area (Å²) in [7, 11) is 0. The van der Waals surface area contributed by atoms with Crippen LogP contribution in [0.4, 0.5) is 5.69 Å². The highest BCUT2D eigenvalue weighted by atomic mass is 79.9. The van der Waals surface area contributed by atoms with Crippen LogP contribution in [0.5, 0.6) is 11.5 Å². The van der Waals surface area contributed by atoms with E-state index in [1.54, 1.807) is 12.1 Å². The Morgan fingerprint density at radius 3 is 2.88 bits per heavy atom. The van der Waals surface area contributed by atoms with Gasteiger partial charge in [-0.05, 0) is 46.3 Å². The number of carbonyl (C=O) groups is 1. The van der Waals surface area contributed by atoms with Crippen LogP contribution in [0.3, 0.4) is 0 Å². The maximum absolute atomic E-state index is 12.1. The number of anilines is 1. The minimum absolute atomic E-state index is 0.157. The topological polar surface area (TPSA) is 86.5 Å². The average Bonchev–Trinajstić information content (AvgIpc) is 3.30. The molecule has 1 amide bonds. The fourth-order valence-corrected chi connectivity index (χ4v) is 3.24. The van der Waals surface area contributed by atoms with Gasteiger partial charge in [0.05, 0.1) is 11.4 Å². The molecule has 0 spiro atoms. The molecule has 1 aliphatic rings. The van der Waals surface area contributed by atoms with Gasteiger partial charge in [-0.1, -0.05) is 23.9 Å². The van der Waals surface area contributed by atoms with E-state index in [1.165, 1.54) is 11.8 Å². The summed E-state index contributed by atoms with van der Waals surface area (Å²) in [6.45, 7) is 0.205. The zero-order chi connectivity index (χ0) is 17.9. The molecule has 2 heterocycles. The molecule has 0 unspecified atom stereocenters. The number of carbonyl (C=O) groups excluding carboxylic acids is 1. The minimum atomic E-state index is -0.162. The van der Waals surface area contributed by atoms with Crippen molar-refractivity contribution in [2.45, 2.75) is 5.22 Å². The highest BCUT2D eigenvalue weighted by Gasteiger charge is 2.17. The lowest BCUT2D eigenvalue weighted by Crippen LogP contribution is -2.14. The minimum Gasteiger partial charge on any atom is -0.454 e. The number of nitrogens with one attached hydrogen (secondary N) is 1. The zero-order valence-corrected chi connectivity index (χ0v) is 15.7. The van der Waals surface area contributed by atoms with Gasteiger partial charge in [0.2, 0.25) is 18.6 Å². The molecule has 0 saturated carbocycles. The average molecular weight is 434 g/mol. The van der Waals surface area contributed by atoms with Gasteiger partial charge in [-0.2, -0.15) is 0 Å². The fraction of sp³-hybridized carbons (Fsp3) is 0.118. The van der Waals surface area contributed by atoms with Crippen LogP contribution in [0, 0.1) is 0 Å². The van der Waals surface area contributed by atoms with Crippen LogP contribution in [0.15, 0.2) is 56.6 Å². The summed E-state index contributed by atoms with van der Waals surface area (Å²) in [4.78, 5) is 12.1. The van der Waals surface area contributed by atoms with Gasteiger partial charge in [0.25, 0.3) is 5.22 Å². The van der Waals surface area contributed by atoms with E-state index in [0.29, 0.717) is 28.3 Å². The standard InChI is InChI=1S/C17H12BrN3O4S/c18-11-3-1-2-4-12(11)19-15(22)8-26-17-21-20-16(25-17)10-5-6-13-14(7-10)24-9-23-13/h1-7H,8-9H2,(H,19,22). The molecule has 0 saturated heterocycles. The molecule has 3 aromatic rings. The van der Waals surface area contributed by atoms with Crippen molar-refractivity contribution >= 4 is 39.3 Å². The Morgan fingerprint density at radius 2 is 2.00 bits per heavy atom. The maximum Gasteiger partial charge on any atom is 0.277 e. The highest BCUT2D eigenvalue weighted by Crippen LogP contribution is 2.36. The number of hydrogen-bond acceptors (Lipinski definition) is 7. The van der Waals surface area contributed by atoms with Gasteiger partial charge in [0.15, 0.2) is 11.5 Å². The Labute approximate surface area is 161 Å². The number of ether oxygens (including phenoxy) is 2. The third-order valence-corrected chi connectivity index (χ3v) is 5.01. The van der Waals surface area contributed by atoms with Crippen LogP contribution >= 0.6 is 27.7 Å². The second-order valence-electron chi connectivity index (χ2n) is 5.26. The first kappa shape index (κ1) is 16.9. The molecular formula is C17H12BrN3O4S. The number of thioether (sulfide) groups is 1. The number of halogens is 1. The van der Waals surface area contributed by atoms with Gasteiger partial charge in [0.1, 0.15) is 0 Å². The molecule has 0 fully saturated rings. The number of benzene rings is 2. The SMILES string of the molecule is O=C(CSc1nnc(-c2ccc3c(c2)OCO3)o1)Nc1ccccc1Br. The van der Waals surface area contributed by atoms with Crippen LogP contribution in [0.25, 0.3) is 11.5 Å². The summed E-state index contributed by atoms with van der Waals surface area (Å²) in [6, 6.07) is 12.8. The summed E-state index contributed by atoms with van der Waals surface area (Å²) in [5.74, 6) is 1.68. The molecule has 26 heavy (non-hydrogen) atoms. The first-order valence-electron chi connectivity index (χ1n) is 7.60. The van der Waals surface area contributed by atoms with Crippen molar-refractivity contribution in [1.29, 1.82) is 0 Å². The molecule has 0 atom stereocenters. The second-order valence-corrected chi connectivity index (χ2v) is 7.04. The Morgan fingerprint density at radius 1 is 1.15 bits per heavy atom. The lowest BCUT2D eigenvalue weighted by Gasteiger charge is -2.05. The smallest absolute Gasteiger partial charge is 0.277 e. The number of aromatic nitrogens is 2. The number of hydrogen-bond donors (Lipinski definition) is 1. The summed E-state index contributed by atoms with van der Waals surface area (Å²) >= 11 is 4.56. The molecule has 1 N–H and O–H groups in total. The van der Waals surface area contributed by atoms with Crippen LogP contribution in [0.2, 0.25) is 0 Å². The lowest BCUT2D eigenvalue weighted by molar-refractivity contribution is -0.113. The molecule has 0 aliphatic carbocycles. The quantitative estimate of drug-likeness (QED) is 0.609. The third-order valence-electron chi connectivity index (χ3n) is 3.50. The molecule has 1 aliphatic heterocycles. The van der Waals surface area contributed by atoms with Crippen molar-refractivity contribution in [1.82, 2.24) is 10.2 Å². The van der Waals surface area contributed by atoms with Gasteiger partial charge >= 0.3 is 0 Å². The number of amides is 1. The van der Waals surface area contributed by atoms with Crippen molar-refractivity contribution in [2.24, 2.45) is 0 Å². The predicted molar refractivity (Wildman–Crippen MR) is 99.4 cm³/mol. The van der Waals surface area contributed by atoms with Gasteiger partial charge < -0.3 is 19.2 Å². The Bertz CT molecular complexity index is 963. The molecule has 4 rings (SSSR count). The summed E-state index contributed by atoms with van der Waals surface area (Å²) in [5.41, 5.74) is 1.44. The van der Waals surface area contributed by atoms with Gasteiger partial charge in [-0.3, -0.25) is 4.79 Å². The van der Waals surface area contributed by atoms with E-state index in [0.717, 1.165) is 10.0 Å². The monoisotopic (exact) mass is 433 g/mol. The molecule has 1 aromatic heterocycles. The molecule has 0 bridgehead atoms. The normalized spacial score (nSPS) is 12.2. The van der Waals surface area contributed by atoms with E-state index in [4.69, 9.17) is 13.9 Å². The Balaban J connectivity index is 1.38. The molecule has 132 valence electrons. The number of para-hydroxylation sites is 1. The number of nitrogens with zero attached hydrogens (tertiary/aromatic N) is 2. The summed E-state index contributed by atoms with van der Waals surface area (Å²) in [5, 5.41) is 11.1. The molecule has 0 radical (unpaired) electrons. The number of rotatable bonds is 5. The Hall–Kier alpha value is -2.52. The summed E-state index contributed by atoms with van der Waals surface area (Å²) in [6.07, 6.45) is 0. The summed E-state index contributed by atoms with van der Waals surface area (Å²) < 4.78 is 17.0. The maximum atomic E-state index is 12.1. The van der Waals surface area contributed by atoms with Gasteiger partial charge in [-0.15, -0.1) is 10.2 Å². The van der Waals surface area contributed by atoms with Crippen molar-refractivity contribution in [3.63, 3.8) is 0 Å². The van der Waals surface area contributed by atoms with E-state index >= 15 is 0 Å². The van der Waals surface area contributed by atoms with Crippen LogP contribution in [-0.4, -0.2) is 28.7 Å². The van der Waals surface area contributed by atoms with Crippen molar-refractivity contribution in [2.75, 3.05) is 17.9 Å². The third kappa shape index (κ3) is 3.68. The Kier molecular flexibility index (Phi) is 4.81. The molecule has 9 heteroatoms. The first-order valence-corrected chi connectivity index (χ1v) is 9.37. The first-order chi connectivity index (χ1) is 12.7. The lowest BCUT2D eigenvalue weighted by atomic mass is 10.2. The van der Waals surface area contributed by atoms with Crippen LogP contribution in [0.1, 0.15) is 0 Å². The van der Waals surface area contributed by atoms with Crippen molar-refractivity contribution in [3.05, 3.63) is 46.9 Å². The van der Waals surface area contributed by atoms with E-state index in [2.05, 4.69) is 31.4 Å². The predicted octanol–water partition coefficient (Wildman–Crippen LogP) is 3.96. The largest absolute Gasteiger partial charge is 0.454 e. The molecular weight excluding hydrogens is 422 g/mol. The van der Waals surface area contributed by atoms with Crippen LogP contribution < -0.4 is 14.8 Å². The van der Waals surface area contributed by atoms with Crippen molar-refractivity contribution < 1.29 is 18.7 Å². The van der Waals surface area contributed by atoms with Gasteiger partial charge in [0, 0.05) is 10.0 Å². The molecule has 2 aromatic carbocycles. The van der Waals surface area contributed by atoms with E-state index in [1.807, 2.05) is 30.3 Å². The van der Waals surface area contributed by atoms with E-state index in [-0.39, 0.29) is 18.5 Å². The fourth-order valence-electron chi connectivity index (χ4n) is 2.29. The van der Waals surface area contributed by atoms with Gasteiger partial charge in [-0.25, -0.2) is 0 Å². The molecule has 7 nitrogen and oxygen atoms in total. The number of fused-ring (bicyclic) bond motifs is 1. The van der Waals surface area contributed by atoms with Crippen molar-refractivity contribution in [3.8, 4) is 23.0 Å².